The quantitative estimate of drug-likeness (QED) is 0.695. The van der Waals surface area contributed by atoms with Crippen molar-refractivity contribution in [2.75, 3.05) is 27.2 Å². The zero-order valence-corrected chi connectivity index (χ0v) is 8.98. The Bertz CT molecular complexity index is 105. The Hall–Kier alpha value is -0.570. The first-order valence-corrected chi connectivity index (χ1v) is 4.46. The second-order valence-electron chi connectivity index (χ2n) is 2.75. The van der Waals surface area contributed by atoms with E-state index in [1.807, 2.05) is 7.05 Å². The van der Waals surface area contributed by atoms with Crippen LogP contribution in [0.4, 0.5) is 0 Å². The van der Waals surface area contributed by atoms with Crippen LogP contribution >= 0.6 is 0 Å². The Labute approximate surface area is 76.1 Å². The molecule has 0 saturated heterocycles. The molecule has 0 aliphatic heterocycles. The van der Waals surface area contributed by atoms with Gasteiger partial charge >= 0.3 is 0 Å². The van der Waals surface area contributed by atoms with Crippen molar-refractivity contribution in [1.29, 1.82) is 0 Å². The molecular formula is C9H22N2O. The molecule has 0 bridgehead atoms. The number of likely N-dealkylation sites (N-methyl/N-ethyl adjacent to an activating group) is 2. The molecule has 0 atom stereocenters. The minimum Gasteiger partial charge on any atom is -0.345 e. The van der Waals surface area contributed by atoms with Crippen molar-refractivity contribution in [2.24, 2.45) is 0 Å². The normalized spacial score (nSPS) is 8.42. The van der Waals surface area contributed by atoms with Crippen molar-refractivity contribution in [1.82, 2.24) is 10.2 Å². The van der Waals surface area contributed by atoms with Gasteiger partial charge in [0.15, 0.2) is 0 Å². The van der Waals surface area contributed by atoms with Gasteiger partial charge in [-0.1, -0.05) is 20.3 Å². The van der Waals surface area contributed by atoms with E-state index in [0.717, 1.165) is 13.1 Å². The van der Waals surface area contributed by atoms with Crippen LogP contribution in [0.2, 0.25) is 0 Å². The van der Waals surface area contributed by atoms with Gasteiger partial charge in [-0.05, 0) is 7.05 Å². The number of hydrogen-bond acceptors (Lipinski definition) is 2. The molecule has 1 N–H and O–H groups in total. The van der Waals surface area contributed by atoms with E-state index >= 15 is 0 Å². The highest BCUT2D eigenvalue weighted by atomic mass is 16.2. The molecule has 3 heteroatoms. The molecule has 0 spiro atoms. The Morgan fingerprint density at radius 1 is 1.42 bits per heavy atom. The van der Waals surface area contributed by atoms with Crippen LogP contribution in [0, 0.1) is 0 Å². The highest BCUT2D eigenvalue weighted by Crippen LogP contribution is 1.79. The van der Waals surface area contributed by atoms with Gasteiger partial charge < -0.3 is 10.2 Å². The minimum atomic E-state index is 0.116. The summed E-state index contributed by atoms with van der Waals surface area (Å²) in [6.07, 6.45) is 1.25. The fraction of sp³-hybridized carbons (Fsp3) is 0.889. The average Bonchev–Trinajstić information content (AvgIpc) is 2.01. The zero-order valence-electron chi connectivity index (χ0n) is 8.98. The summed E-state index contributed by atoms with van der Waals surface area (Å²) in [7, 11) is 3.66. The van der Waals surface area contributed by atoms with Crippen molar-refractivity contribution in [3.63, 3.8) is 0 Å². The van der Waals surface area contributed by atoms with E-state index in [-0.39, 0.29) is 5.91 Å². The highest BCUT2D eigenvalue weighted by Gasteiger charge is 1.97. The van der Waals surface area contributed by atoms with Crippen molar-refractivity contribution < 1.29 is 4.79 Å². The maximum atomic E-state index is 10.5. The van der Waals surface area contributed by atoms with E-state index in [2.05, 4.69) is 19.2 Å². The topological polar surface area (TPSA) is 32.3 Å². The number of carbonyl (C=O) groups is 1. The Kier molecular flexibility index (Phi) is 12.2. The van der Waals surface area contributed by atoms with Gasteiger partial charge in [-0.15, -0.1) is 0 Å². The molecule has 0 aliphatic carbocycles. The third-order valence-corrected chi connectivity index (χ3v) is 1.23. The lowest BCUT2D eigenvalue weighted by Gasteiger charge is -2.13. The molecule has 74 valence electrons. The molecule has 0 radical (unpaired) electrons. The van der Waals surface area contributed by atoms with Gasteiger partial charge in [0, 0.05) is 27.1 Å². The molecule has 0 rings (SSSR count). The SMILES string of the molecule is CCC.CNCCN(C)C(C)=O. The lowest BCUT2D eigenvalue weighted by Crippen LogP contribution is -2.30. The molecule has 0 aromatic heterocycles. The van der Waals surface area contributed by atoms with E-state index in [0.29, 0.717) is 0 Å². The summed E-state index contributed by atoms with van der Waals surface area (Å²) >= 11 is 0. The van der Waals surface area contributed by atoms with Gasteiger partial charge in [-0.3, -0.25) is 4.79 Å². The maximum absolute atomic E-state index is 10.5. The van der Waals surface area contributed by atoms with Gasteiger partial charge in [0.2, 0.25) is 5.91 Å². The number of nitrogens with one attached hydrogen (secondary N) is 1. The third-order valence-electron chi connectivity index (χ3n) is 1.23. The number of amides is 1. The molecule has 0 aromatic rings. The maximum Gasteiger partial charge on any atom is 0.219 e. The minimum absolute atomic E-state index is 0.116. The summed E-state index contributed by atoms with van der Waals surface area (Å²) in [4.78, 5) is 12.2. The van der Waals surface area contributed by atoms with Crippen LogP contribution in [0.1, 0.15) is 27.2 Å². The number of hydrogen-bond donors (Lipinski definition) is 1. The predicted octanol–water partition coefficient (Wildman–Crippen LogP) is 1.10. The van der Waals surface area contributed by atoms with Crippen molar-refractivity contribution in [3.05, 3.63) is 0 Å². The average molecular weight is 174 g/mol. The highest BCUT2D eigenvalue weighted by molar-refractivity contribution is 5.72. The summed E-state index contributed by atoms with van der Waals surface area (Å²) in [5, 5.41) is 2.96. The van der Waals surface area contributed by atoms with Crippen molar-refractivity contribution in [3.8, 4) is 0 Å². The van der Waals surface area contributed by atoms with Crippen LogP contribution in [-0.2, 0) is 4.79 Å². The van der Waals surface area contributed by atoms with Gasteiger partial charge in [-0.25, -0.2) is 0 Å². The molecular weight excluding hydrogens is 152 g/mol. The Morgan fingerprint density at radius 3 is 2.08 bits per heavy atom. The van der Waals surface area contributed by atoms with Crippen LogP contribution in [0.15, 0.2) is 0 Å². The summed E-state index contributed by atoms with van der Waals surface area (Å²) in [6, 6.07) is 0. The fourth-order valence-electron chi connectivity index (χ4n) is 0.437. The fourth-order valence-corrected chi connectivity index (χ4v) is 0.437. The van der Waals surface area contributed by atoms with E-state index in [1.165, 1.54) is 6.42 Å². The molecule has 3 nitrogen and oxygen atoms in total. The lowest BCUT2D eigenvalue weighted by molar-refractivity contribution is -0.127. The van der Waals surface area contributed by atoms with Crippen LogP contribution in [0.25, 0.3) is 0 Å². The first kappa shape index (κ1) is 14.0. The third kappa shape index (κ3) is 12.1. The van der Waals surface area contributed by atoms with Gasteiger partial charge in [0.1, 0.15) is 0 Å². The van der Waals surface area contributed by atoms with E-state index in [1.54, 1.807) is 18.9 Å². The van der Waals surface area contributed by atoms with Crippen molar-refractivity contribution in [2.45, 2.75) is 27.2 Å². The monoisotopic (exact) mass is 174 g/mol. The summed E-state index contributed by atoms with van der Waals surface area (Å²) in [5.74, 6) is 0.116. The smallest absolute Gasteiger partial charge is 0.219 e. The van der Waals surface area contributed by atoms with Crippen LogP contribution in [-0.4, -0.2) is 38.0 Å². The van der Waals surface area contributed by atoms with E-state index < -0.39 is 0 Å². The standard InChI is InChI=1S/C6H14N2O.C3H8/c1-6(9)8(3)5-4-7-2;1-3-2/h7H,4-5H2,1-3H3;3H2,1-2H3. The van der Waals surface area contributed by atoms with E-state index in [4.69, 9.17) is 0 Å². The lowest BCUT2D eigenvalue weighted by atomic mass is 10.5. The summed E-state index contributed by atoms with van der Waals surface area (Å²) in [5.41, 5.74) is 0. The van der Waals surface area contributed by atoms with Crippen LogP contribution < -0.4 is 5.32 Å². The number of rotatable bonds is 3. The predicted molar refractivity (Wildman–Crippen MR) is 53.2 cm³/mol. The number of carbonyl (C=O) groups excluding carboxylic acids is 1. The Balaban J connectivity index is 0. The number of nitrogens with zero attached hydrogens (tertiary/aromatic N) is 1. The second-order valence-corrected chi connectivity index (χ2v) is 2.75. The Morgan fingerprint density at radius 2 is 1.83 bits per heavy atom. The molecule has 0 aliphatic rings. The van der Waals surface area contributed by atoms with Crippen LogP contribution in [0.5, 0.6) is 0 Å². The zero-order chi connectivity index (χ0) is 9.98. The van der Waals surface area contributed by atoms with Gasteiger partial charge in [0.05, 0.1) is 0 Å². The molecule has 0 aromatic carbocycles. The summed E-state index contributed by atoms with van der Waals surface area (Å²) in [6.45, 7) is 7.46. The largest absolute Gasteiger partial charge is 0.345 e. The molecule has 12 heavy (non-hydrogen) atoms. The van der Waals surface area contributed by atoms with Crippen LogP contribution in [0.3, 0.4) is 0 Å². The van der Waals surface area contributed by atoms with E-state index in [9.17, 15) is 4.79 Å². The second kappa shape index (κ2) is 10.4. The first-order valence-electron chi connectivity index (χ1n) is 4.46. The molecule has 0 unspecified atom stereocenters. The van der Waals surface area contributed by atoms with Crippen molar-refractivity contribution >= 4 is 5.91 Å². The van der Waals surface area contributed by atoms with Gasteiger partial charge in [0.25, 0.3) is 0 Å². The van der Waals surface area contributed by atoms with Gasteiger partial charge in [-0.2, -0.15) is 0 Å². The molecule has 1 amide bonds. The molecule has 0 heterocycles. The summed E-state index contributed by atoms with van der Waals surface area (Å²) < 4.78 is 0. The molecule has 0 saturated carbocycles. The molecule has 0 fully saturated rings. The first-order chi connectivity index (χ1) is 5.59.